The van der Waals surface area contributed by atoms with Gasteiger partial charge in [-0.25, -0.2) is 4.98 Å². The van der Waals surface area contributed by atoms with Gasteiger partial charge in [-0.2, -0.15) is 4.98 Å². The van der Waals surface area contributed by atoms with Gasteiger partial charge in [-0.3, -0.25) is 14.9 Å². The molecule has 1 aliphatic heterocycles. The third-order valence-corrected chi connectivity index (χ3v) is 6.41. The van der Waals surface area contributed by atoms with E-state index in [0.29, 0.717) is 54.3 Å². The summed E-state index contributed by atoms with van der Waals surface area (Å²) < 4.78 is 1.60. The highest BCUT2D eigenvalue weighted by Crippen LogP contribution is 2.16. The van der Waals surface area contributed by atoms with Crippen molar-refractivity contribution in [3.05, 3.63) is 50.6 Å². The van der Waals surface area contributed by atoms with Crippen LogP contribution < -0.4 is 20.8 Å². The second-order valence-corrected chi connectivity index (χ2v) is 8.40. The number of carboxylic acids is 1. The van der Waals surface area contributed by atoms with Crippen LogP contribution in [0, 0.1) is 0 Å². The zero-order chi connectivity index (χ0) is 22.8. The number of amides is 1. The van der Waals surface area contributed by atoms with Crippen LogP contribution >= 0.6 is 23.6 Å². The van der Waals surface area contributed by atoms with E-state index in [4.69, 9.17) is 12.2 Å². The molecule has 3 aromatic rings. The number of carboxylic acid groups (broad SMARTS) is 1. The fraction of sp³-hybridized carbons (Fsp3) is 0.300. The topological polar surface area (TPSA) is 123 Å². The van der Waals surface area contributed by atoms with Crippen molar-refractivity contribution in [2.24, 2.45) is 0 Å². The molecule has 10 nitrogen and oxygen atoms in total. The lowest BCUT2D eigenvalue weighted by Crippen LogP contribution is -2.53. The third-order valence-electron chi connectivity index (χ3n) is 5.18. The first-order valence-corrected chi connectivity index (χ1v) is 11.2. The lowest BCUT2D eigenvalue weighted by atomic mass is 10.2. The number of nitrogens with zero attached hydrogens (tertiary/aromatic N) is 5. The average molecular weight is 472 g/mol. The molecular weight excluding hydrogens is 452 g/mol. The van der Waals surface area contributed by atoms with E-state index in [0.717, 1.165) is 0 Å². The standard InChI is InChI=1S/C20H20N6O4S2/c1-2-24-11-13(18(29)30)15(27)12-10-21-19(22-16(12)24)25-5-7-26(8-6-25)20(31)23-17(28)14-4-3-9-32-14/h3-4,9-11H,2,5-8H2,1H3,(H,29,30)(H,23,28,31)/p-1. The van der Waals surface area contributed by atoms with E-state index in [9.17, 15) is 19.5 Å². The largest absolute Gasteiger partial charge is 0.545 e. The zero-order valence-corrected chi connectivity index (χ0v) is 18.7. The van der Waals surface area contributed by atoms with Crippen LogP contribution in [0.2, 0.25) is 0 Å². The Kier molecular flexibility index (Phi) is 6.15. The number of pyridine rings is 1. The van der Waals surface area contributed by atoms with Crippen molar-refractivity contribution in [2.75, 3.05) is 31.1 Å². The lowest BCUT2D eigenvalue weighted by molar-refractivity contribution is -0.255. The number of hydrogen-bond donors (Lipinski definition) is 1. The molecule has 12 heteroatoms. The molecule has 1 aliphatic rings. The van der Waals surface area contributed by atoms with E-state index in [-0.39, 0.29) is 11.3 Å². The monoisotopic (exact) mass is 471 g/mol. The molecule has 0 aromatic carbocycles. The zero-order valence-electron chi connectivity index (χ0n) is 17.1. The molecule has 4 heterocycles. The number of rotatable bonds is 4. The van der Waals surface area contributed by atoms with Crippen molar-refractivity contribution in [1.82, 2.24) is 24.8 Å². The number of nitrogens with one attached hydrogen (secondary N) is 1. The van der Waals surface area contributed by atoms with E-state index in [1.54, 1.807) is 10.6 Å². The molecular formula is C20H19N6O4S2-. The van der Waals surface area contributed by atoms with Gasteiger partial charge < -0.3 is 24.3 Å². The molecule has 0 spiro atoms. The lowest BCUT2D eigenvalue weighted by Gasteiger charge is -2.36. The molecule has 1 fully saturated rings. The summed E-state index contributed by atoms with van der Waals surface area (Å²) in [6, 6.07) is 3.55. The number of piperazine rings is 1. The van der Waals surface area contributed by atoms with Crippen molar-refractivity contribution >= 4 is 57.5 Å². The van der Waals surface area contributed by atoms with Crippen LogP contribution in [0.3, 0.4) is 0 Å². The quantitative estimate of drug-likeness (QED) is 0.527. The molecule has 0 bridgehead atoms. The Labute approximate surface area is 192 Å². The second-order valence-electron chi connectivity index (χ2n) is 7.06. The first kappa shape index (κ1) is 21.8. The van der Waals surface area contributed by atoms with Crippen LogP contribution in [0.1, 0.15) is 27.0 Å². The van der Waals surface area contributed by atoms with Gasteiger partial charge in [0.25, 0.3) is 5.91 Å². The summed E-state index contributed by atoms with van der Waals surface area (Å²) in [6.45, 7) is 4.51. The van der Waals surface area contributed by atoms with Crippen molar-refractivity contribution in [1.29, 1.82) is 0 Å². The van der Waals surface area contributed by atoms with Crippen LogP contribution in [0.15, 0.2) is 34.7 Å². The van der Waals surface area contributed by atoms with Crippen LogP contribution in [-0.2, 0) is 6.54 Å². The minimum atomic E-state index is -1.53. The van der Waals surface area contributed by atoms with Gasteiger partial charge in [0.05, 0.1) is 21.8 Å². The van der Waals surface area contributed by atoms with Gasteiger partial charge in [0, 0.05) is 45.1 Å². The van der Waals surface area contributed by atoms with Gasteiger partial charge in [-0.05, 0) is 30.6 Å². The molecule has 1 saturated heterocycles. The molecule has 0 aliphatic carbocycles. The van der Waals surface area contributed by atoms with Gasteiger partial charge in [-0.1, -0.05) is 6.07 Å². The molecule has 0 unspecified atom stereocenters. The summed E-state index contributed by atoms with van der Waals surface area (Å²) in [5.74, 6) is -1.31. The van der Waals surface area contributed by atoms with Crippen LogP contribution in [0.4, 0.5) is 5.95 Å². The summed E-state index contributed by atoms with van der Waals surface area (Å²) in [4.78, 5) is 49.2. The first-order chi connectivity index (χ1) is 15.4. The molecule has 32 heavy (non-hydrogen) atoms. The predicted octanol–water partition coefficient (Wildman–Crippen LogP) is 0.0733. The first-order valence-electron chi connectivity index (χ1n) is 9.89. The summed E-state index contributed by atoms with van der Waals surface area (Å²) in [6.07, 6.45) is 2.61. The number of thiophene rings is 1. The molecule has 0 saturated carbocycles. The minimum Gasteiger partial charge on any atom is -0.545 e. The van der Waals surface area contributed by atoms with Gasteiger partial charge in [0.1, 0.15) is 5.65 Å². The molecule has 0 radical (unpaired) electrons. The Morgan fingerprint density at radius 3 is 2.66 bits per heavy atom. The SMILES string of the molecule is CCn1cc(C(=O)[O-])c(=O)c2cnc(N3CCN(C(=S)NC(=O)c4cccs4)CC3)nc21. The Balaban J connectivity index is 1.48. The number of thiocarbonyl (C=S) groups is 1. The normalized spacial score (nSPS) is 13.9. The smallest absolute Gasteiger partial charge is 0.267 e. The van der Waals surface area contributed by atoms with Gasteiger partial charge >= 0.3 is 0 Å². The molecule has 1 N–H and O–H groups in total. The highest BCUT2D eigenvalue weighted by Gasteiger charge is 2.23. The second kappa shape index (κ2) is 9.01. The highest BCUT2D eigenvalue weighted by molar-refractivity contribution is 7.80. The Hall–Kier alpha value is -3.38. The molecule has 4 rings (SSSR count). The number of carbonyl (C=O) groups is 2. The van der Waals surface area contributed by atoms with Gasteiger partial charge in [0.15, 0.2) is 5.11 Å². The Bertz CT molecular complexity index is 1250. The number of anilines is 1. The minimum absolute atomic E-state index is 0.133. The van der Waals surface area contributed by atoms with Crippen LogP contribution in [0.5, 0.6) is 0 Å². The van der Waals surface area contributed by atoms with Crippen molar-refractivity contribution in [2.45, 2.75) is 13.5 Å². The number of hydrogen-bond acceptors (Lipinski definition) is 9. The molecule has 1 amide bonds. The van der Waals surface area contributed by atoms with E-state index in [1.807, 2.05) is 28.2 Å². The van der Waals surface area contributed by atoms with E-state index >= 15 is 0 Å². The van der Waals surface area contributed by atoms with Crippen molar-refractivity contribution < 1.29 is 14.7 Å². The van der Waals surface area contributed by atoms with Crippen LogP contribution in [-0.4, -0.2) is 62.6 Å². The van der Waals surface area contributed by atoms with E-state index < -0.39 is 17.0 Å². The summed E-state index contributed by atoms with van der Waals surface area (Å²) in [7, 11) is 0. The fourth-order valence-corrected chi connectivity index (χ4v) is 4.35. The maximum Gasteiger partial charge on any atom is 0.267 e. The Morgan fingerprint density at radius 2 is 2.03 bits per heavy atom. The van der Waals surface area contributed by atoms with Gasteiger partial charge in [-0.15, -0.1) is 11.3 Å². The highest BCUT2D eigenvalue weighted by atomic mass is 32.1. The predicted molar refractivity (Wildman–Crippen MR) is 122 cm³/mol. The fourth-order valence-electron chi connectivity index (χ4n) is 3.46. The number of aromatic nitrogens is 3. The number of aromatic carboxylic acids is 1. The Morgan fingerprint density at radius 1 is 1.28 bits per heavy atom. The van der Waals surface area contributed by atoms with Gasteiger partial charge in [0.2, 0.25) is 11.4 Å². The number of aryl methyl sites for hydroxylation is 1. The van der Waals surface area contributed by atoms with Crippen LogP contribution in [0.25, 0.3) is 11.0 Å². The maximum atomic E-state index is 12.4. The molecule has 3 aromatic heterocycles. The summed E-state index contributed by atoms with van der Waals surface area (Å²) in [5.41, 5.74) is -0.705. The molecule has 166 valence electrons. The van der Waals surface area contributed by atoms with Crippen molar-refractivity contribution in [3.8, 4) is 0 Å². The average Bonchev–Trinajstić information content (AvgIpc) is 3.34. The van der Waals surface area contributed by atoms with E-state index in [1.165, 1.54) is 23.7 Å². The number of fused-ring (bicyclic) bond motifs is 1. The maximum absolute atomic E-state index is 12.4. The summed E-state index contributed by atoms with van der Waals surface area (Å²) >= 11 is 6.73. The molecule has 0 atom stereocenters. The summed E-state index contributed by atoms with van der Waals surface area (Å²) in [5, 5.41) is 16.3. The van der Waals surface area contributed by atoms with Crippen molar-refractivity contribution in [3.63, 3.8) is 0 Å². The van der Waals surface area contributed by atoms with E-state index in [2.05, 4.69) is 15.3 Å². The third kappa shape index (κ3) is 4.18. The number of carbonyl (C=O) groups excluding carboxylic acids is 2.